The van der Waals surface area contributed by atoms with Crippen molar-refractivity contribution in [1.82, 2.24) is 0 Å². The van der Waals surface area contributed by atoms with Crippen LogP contribution in [0.5, 0.6) is 0 Å². The van der Waals surface area contributed by atoms with E-state index in [2.05, 4.69) is 0 Å². The summed E-state index contributed by atoms with van der Waals surface area (Å²) in [5, 5.41) is 0. The van der Waals surface area contributed by atoms with E-state index in [0.717, 1.165) is 0 Å². The topological polar surface area (TPSA) is 57.5 Å². The maximum Gasteiger partial charge on any atom is 2.00 e. The number of rotatable bonds is 0. The predicted octanol–water partition coefficient (Wildman–Crippen LogP) is -2.24. The Morgan fingerprint density at radius 3 is 1.00 bits per heavy atom. The molecule has 40 valence electrons. The van der Waals surface area contributed by atoms with Gasteiger partial charge in [-0.25, -0.2) is 0 Å². The van der Waals surface area contributed by atoms with Crippen LogP contribution in [0.2, 0.25) is 0 Å². The molecular weight excluding hydrogens is 236 g/mol. The molecule has 0 spiro atoms. The minimum atomic E-state index is -3.13. The second-order valence-corrected chi connectivity index (χ2v) is 0.848. The summed E-state index contributed by atoms with van der Waals surface area (Å²) in [6, 6.07) is 0. The SMILES string of the molecule is O=[Si](O)O.[Ca+2].[Ca+2].[Ca+2].[Ca+2].[H-].[H-].[H-].[H-].[H-].[H-].[H-].[H-]. The first-order chi connectivity index (χ1) is 1.73. The van der Waals surface area contributed by atoms with E-state index in [9.17, 15) is 0 Å². The van der Waals surface area contributed by atoms with Crippen molar-refractivity contribution in [2.75, 3.05) is 0 Å². The maximum atomic E-state index is 8.74. The second-order valence-electron chi connectivity index (χ2n) is 0.283. The molecule has 0 saturated carbocycles. The van der Waals surface area contributed by atoms with E-state index in [1.807, 2.05) is 0 Å². The molecule has 0 atom stereocenters. The first kappa shape index (κ1) is 29.3. The van der Waals surface area contributed by atoms with Gasteiger partial charge in [-0.2, -0.15) is 0 Å². The molecule has 0 bridgehead atoms. The van der Waals surface area contributed by atoms with Crippen LogP contribution in [-0.2, 0) is 4.46 Å². The molecule has 0 amide bonds. The van der Waals surface area contributed by atoms with Crippen LogP contribution in [0.15, 0.2) is 0 Å². The van der Waals surface area contributed by atoms with Crippen molar-refractivity contribution in [3.8, 4) is 0 Å². The number of hydrogen-bond donors (Lipinski definition) is 2. The molecule has 0 aromatic carbocycles. The average molecular weight is 246 g/mol. The summed E-state index contributed by atoms with van der Waals surface area (Å²) in [6.07, 6.45) is 0. The third-order valence-electron chi connectivity index (χ3n) is 0. The van der Waals surface area contributed by atoms with Crippen molar-refractivity contribution >= 4 is 160 Å². The third kappa shape index (κ3) is 45.8. The summed E-state index contributed by atoms with van der Waals surface area (Å²) in [6.45, 7) is 0. The Morgan fingerprint density at radius 1 is 1.00 bits per heavy atom. The van der Waals surface area contributed by atoms with Crippen molar-refractivity contribution in [3.63, 3.8) is 0 Å². The predicted molar refractivity (Wildman–Crippen MR) is 42.8 cm³/mol. The molecule has 8 heteroatoms. The molecule has 0 aromatic heterocycles. The first-order valence-corrected chi connectivity index (χ1v) is 1.95. The fourth-order valence-corrected chi connectivity index (χ4v) is 0. The molecule has 8 heavy (non-hydrogen) atoms. The normalized spacial score (nSPS) is 3.00. The maximum absolute atomic E-state index is 8.74. The molecule has 0 radical (unpaired) electrons. The van der Waals surface area contributed by atoms with Crippen molar-refractivity contribution in [1.29, 1.82) is 0 Å². The molecular formula is H10Ca4O3Si. The Kier molecular flexibility index (Phi) is 82.8. The Balaban J connectivity index is -0.000000000682. The summed E-state index contributed by atoms with van der Waals surface area (Å²) >= 11 is 0. The van der Waals surface area contributed by atoms with Gasteiger partial charge in [-0.05, 0) is 0 Å². The van der Waals surface area contributed by atoms with Gasteiger partial charge in [-0.15, -0.1) is 0 Å². The van der Waals surface area contributed by atoms with E-state index in [4.69, 9.17) is 14.1 Å². The quantitative estimate of drug-likeness (QED) is 0.476. The molecule has 0 saturated heterocycles. The first-order valence-electron chi connectivity index (χ1n) is 0.651. The zero-order valence-corrected chi connectivity index (χ0v) is 14.5. The Labute approximate surface area is 181 Å². The minimum Gasteiger partial charge on any atom is -1.00 e. The number of hydrogen-bond acceptors (Lipinski definition) is 1. The van der Waals surface area contributed by atoms with E-state index >= 15 is 0 Å². The molecule has 0 rings (SSSR count). The molecule has 0 fully saturated rings. The van der Waals surface area contributed by atoms with E-state index < -0.39 is 9.17 Å². The molecule has 0 aliphatic carbocycles. The van der Waals surface area contributed by atoms with Crippen LogP contribution in [0.1, 0.15) is 11.4 Å². The fourth-order valence-electron chi connectivity index (χ4n) is 0. The van der Waals surface area contributed by atoms with Gasteiger partial charge in [-0.3, -0.25) is 4.46 Å². The summed E-state index contributed by atoms with van der Waals surface area (Å²) in [5.41, 5.74) is 0. The van der Waals surface area contributed by atoms with E-state index in [0.29, 0.717) is 0 Å². The van der Waals surface area contributed by atoms with Gasteiger partial charge in [0.25, 0.3) is 0 Å². The fraction of sp³-hybridized carbons (Fsp3) is 0. The van der Waals surface area contributed by atoms with Gasteiger partial charge < -0.3 is 21.0 Å². The van der Waals surface area contributed by atoms with E-state index in [1.165, 1.54) is 0 Å². The molecule has 0 heterocycles. The van der Waals surface area contributed by atoms with Crippen LogP contribution in [0.25, 0.3) is 0 Å². The van der Waals surface area contributed by atoms with Crippen LogP contribution in [0, 0.1) is 0 Å². The van der Waals surface area contributed by atoms with Crippen LogP contribution >= 0.6 is 0 Å². The summed E-state index contributed by atoms with van der Waals surface area (Å²) in [5.74, 6) is 0. The average Bonchev–Trinajstić information content (AvgIpc) is 0.811. The van der Waals surface area contributed by atoms with Gasteiger partial charge in [0.2, 0.25) is 0 Å². The van der Waals surface area contributed by atoms with E-state index in [1.54, 1.807) is 0 Å². The zero-order chi connectivity index (χ0) is 3.58. The van der Waals surface area contributed by atoms with Gasteiger partial charge in [0.15, 0.2) is 0 Å². The van der Waals surface area contributed by atoms with Crippen LogP contribution in [-0.4, -0.2) is 170 Å². The monoisotopic (exact) mass is 246 g/mol. The Bertz CT molecular complexity index is 50.3. The van der Waals surface area contributed by atoms with Crippen molar-refractivity contribution in [2.24, 2.45) is 0 Å². The summed E-state index contributed by atoms with van der Waals surface area (Å²) in [7, 11) is -3.13. The van der Waals surface area contributed by atoms with Crippen LogP contribution in [0.4, 0.5) is 0 Å². The molecule has 0 aliphatic heterocycles. The zero-order valence-electron chi connectivity index (χ0n) is 12.6. The van der Waals surface area contributed by atoms with Gasteiger partial charge in [0, 0.05) is 0 Å². The Morgan fingerprint density at radius 2 is 1.00 bits per heavy atom. The van der Waals surface area contributed by atoms with Crippen LogP contribution in [0.3, 0.4) is 0 Å². The van der Waals surface area contributed by atoms with Gasteiger partial charge in [0.05, 0.1) is 0 Å². The third-order valence-corrected chi connectivity index (χ3v) is 0. The van der Waals surface area contributed by atoms with Gasteiger partial charge in [-0.1, -0.05) is 0 Å². The van der Waals surface area contributed by atoms with E-state index in [-0.39, 0.29) is 162 Å². The second kappa shape index (κ2) is 22.6. The van der Waals surface area contributed by atoms with Crippen molar-refractivity contribution < 1.29 is 25.5 Å². The smallest absolute Gasteiger partial charge is 1.00 e. The molecule has 2 N–H and O–H groups in total. The molecule has 0 unspecified atom stereocenters. The summed E-state index contributed by atoms with van der Waals surface area (Å²) < 4.78 is 8.74. The van der Waals surface area contributed by atoms with Crippen LogP contribution < -0.4 is 0 Å². The van der Waals surface area contributed by atoms with Gasteiger partial charge >= 0.3 is 160 Å². The Hall–Kier alpha value is 4.66. The largest absolute Gasteiger partial charge is 2.00 e. The minimum absolute atomic E-state index is 0. The standard InChI is InChI=1S/4Ca.H2O3Si.8H/c;;;;1-4(2)3;;;;;;;;/h;;;;1-2H;;;;;;;;/q4*+2;;8*-1. The van der Waals surface area contributed by atoms with Crippen molar-refractivity contribution in [2.45, 2.75) is 0 Å². The molecule has 3 nitrogen and oxygen atoms in total. The van der Waals surface area contributed by atoms with Gasteiger partial charge in [0.1, 0.15) is 0 Å². The molecule has 0 aliphatic rings. The summed E-state index contributed by atoms with van der Waals surface area (Å²) in [4.78, 5) is 14.3. The molecule has 0 aromatic rings. The van der Waals surface area contributed by atoms with Crippen molar-refractivity contribution in [3.05, 3.63) is 0 Å².